The average molecular weight is 289 g/mol. The van der Waals surface area contributed by atoms with Gasteiger partial charge in [-0.3, -0.25) is 9.59 Å². The van der Waals surface area contributed by atoms with Crippen LogP contribution in [0.4, 0.5) is 0 Å². The molecule has 1 rings (SSSR count). The first-order valence-corrected chi connectivity index (χ1v) is 7.03. The second kappa shape index (κ2) is 8.92. The standard InChI is InChI=1S/C16H23N3O2/c1-12(2)14(19-16(21)10-17)11-18-15(20)9-8-13-6-4-3-5-7-13/h3-9,12,14H,10-11,17H2,1-2H3,(H,18,20)(H,19,21)/b9-8+/t14-/m1/s1. The third-order valence-electron chi connectivity index (χ3n) is 3.06. The zero-order valence-electron chi connectivity index (χ0n) is 12.5. The topological polar surface area (TPSA) is 84.2 Å². The number of hydrogen-bond donors (Lipinski definition) is 3. The summed E-state index contributed by atoms with van der Waals surface area (Å²) in [6, 6.07) is 9.45. The number of hydrogen-bond acceptors (Lipinski definition) is 3. The number of nitrogens with one attached hydrogen (secondary N) is 2. The summed E-state index contributed by atoms with van der Waals surface area (Å²) in [5, 5.41) is 5.58. The molecule has 114 valence electrons. The molecule has 2 amide bonds. The second-order valence-electron chi connectivity index (χ2n) is 5.11. The molecule has 0 unspecified atom stereocenters. The van der Waals surface area contributed by atoms with Crippen molar-refractivity contribution in [1.82, 2.24) is 10.6 Å². The van der Waals surface area contributed by atoms with Crippen molar-refractivity contribution in [2.24, 2.45) is 11.7 Å². The smallest absolute Gasteiger partial charge is 0.244 e. The molecule has 5 heteroatoms. The van der Waals surface area contributed by atoms with Crippen LogP contribution >= 0.6 is 0 Å². The normalized spacial score (nSPS) is 12.4. The molecular formula is C16H23N3O2. The molecule has 0 fully saturated rings. The minimum atomic E-state index is -0.220. The molecule has 0 aliphatic heterocycles. The van der Waals surface area contributed by atoms with E-state index in [0.29, 0.717) is 6.54 Å². The minimum absolute atomic E-state index is 0.0505. The van der Waals surface area contributed by atoms with Crippen LogP contribution in [0.25, 0.3) is 6.08 Å². The van der Waals surface area contributed by atoms with Crippen molar-refractivity contribution in [3.63, 3.8) is 0 Å². The molecule has 0 aliphatic carbocycles. The Kier molecular flexibility index (Phi) is 7.18. The van der Waals surface area contributed by atoms with Crippen molar-refractivity contribution < 1.29 is 9.59 Å². The van der Waals surface area contributed by atoms with Crippen LogP contribution in [0.2, 0.25) is 0 Å². The van der Waals surface area contributed by atoms with Gasteiger partial charge in [-0.25, -0.2) is 0 Å². The van der Waals surface area contributed by atoms with E-state index in [9.17, 15) is 9.59 Å². The van der Waals surface area contributed by atoms with Gasteiger partial charge in [-0.05, 0) is 17.6 Å². The summed E-state index contributed by atoms with van der Waals surface area (Å²) < 4.78 is 0. The van der Waals surface area contributed by atoms with Crippen LogP contribution in [-0.4, -0.2) is 30.9 Å². The summed E-state index contributed by atoms with van der Waals surface area (Å²) >= 11 is 0. The molecule has 0 saturated heterocycles. The third-order valence-corrected chi connectivity index (χ3v) is 3.06. The lowest BCUT2D eigenvalue weighted by atomic mass is 10.0. The second-order valence-corrected chi connectivity index (χ2v) is 5.11. The lowest BCUT2D eigenvalue weighted by molar-refractivity contribution is -0.121. The molecule has 1 aromatic carbocycles. The van der Waals surface area contributed by atoms with Crippen LogP contribution in [0, 0.1) is 5.92 Å². The van der Waals surface area contributed by atoms with E-state index >= 15 is 0 Å². The molecule has 21 heavy (non-hydrogen) atoms. The number of carbonyl (C=O) groups excluding carboxylic acids is 2. The predicted octanol–water partition coefficient (Wildman–Crippen LogP) is 0.916. The summed E-state index contributed by atoms with van der Waals surface area (Å²) in [7, 11) is 0. The Morgan fingerprint density at radius 2 is 1.90 bits per heavy atom. The molecule has 0 spiro atoms. The molecule has 0 heterocycles. The Balaban J connectivity index is 2.46. The molecular weight excluding hydrogens is 266 g/mol. The van der Waals surface area contributed by atoms with Crippen molar-refractivity contribution in [2.45, 2.75) is 19.9 Å². The summed E-state index contributed by atoms with van der Waals surface area (Å²) in [5.74, 6) is -0.201. The Morgan fingerprint density at radius 3 is 2.48 bits per heavy atom. The van der Waals surface area contributed by atoms with E-state index in [0.717, 1.165) is 5.56 Å². The quantitative estimate of drug-likeness (QED) is 0.652. The number of nitrogens with two attached hydrogens (primary N) is 1. The van der Waals surface area contributed by atoms with Gasteiger partial charge in [-0.2, -0.15) is 0 Å². The van der Waals surface area contributed by atoms with E-state index in [-0.39, 0.29) is 30.3 Å². The van der Waals surface area contributed by atoms with Crippen LogP contribution in [0.5, 0.6) is 0 Å². The predicted molar refractivity (Wildman–Crippen MR) is 84.3 cm³/mol. The molecule has 0 bridgehead atoms. The van der Waals surface area contributed by atoms with Gasteiger partial charge in [0.05, 0.1) is 6.54 Å². The van der Waals surface area contributed by atoms with Gasteiger partial charge in [0.25, 0.3) is 0 Å². The van der Waals surface area contributed by atoms with Crippen LogP contribution in [0.1, 0.15) is 19.4 Å². The average Bonchev–Trinajstić information content (AvgIpc) is 2.49. The maximum Gasteiger partial charge on any atom is 0.244 e. The zero-order valence-corrected chi connectivity index (χ0v) is 12.5. The first-order chi connectivity index (χ1) is 10.0. The summed E-state index contributed by atoms with van der Waals surface area (Å²) in [6.45, 7) is 4.29. The van der Waals surface area contributed by atoms with Crippen LogP contribution in [0.3, 0.4) is 0 Å². The fourth-order valence-electron chi connectivity index (χ4n) is 1.72. The Bertz CT molecular complexity index is 484. The fourth-order valence-corrected chi connectivity index (χ4v) is 1.72. The first kappa shape index (κ1) is 16.9. The number of amides is 2. The van der Waals surface area contributed by atoms with E-state index < -0.39 is 0 Å². The summed E-state index contributed by atoms with van der Waals surface area (Å²) in [5.41, 5.74) is 6.24. The van der Waals surface area contributed by atoms with Gasteiger partial charge in [0.1, 0.15) is 0 Å². The molecule has 5 nitrogen and oxygen atoms in total. The van der Waals surface area contributed by atoms with Crippen molar-refractivity contribution in [2.75, 3.05) is 13.1 Å². The van der Waals surface area contributed by atoms with Gasteiger partial charge >= 0.3 is 0 Å². The summed E-state index contributed by atoms with van der Waals surface area (Å²) in [6.07, 6.45) is 3.23. The first-order valence-electron chi connectivity index (χ1n) is 7.03. The molecule has 0 saturated carbocycles. The summed E-state index contributed by atoms with van der Waals surface area (Å²) in [4.78, 5) is 23.1. The molecule has 0 aliphatic rings. The van der Waals surface area contributed by atoms with Gasteiger partial charge in [-0.1, -0.05) is 44.2 Å². The highest BCUT2D eigenvalue weighted by atomic mass is 16.2. The maximum atomic E-state index is 11.8. The van der Waals surface area contributed by atoms with Gasteiger partial charge in [-0.15, -0.1) is 0 Å². The van der Waals surface area contributed by atoms with E-state index in [2.05, 4.69) is 10.6 Å². The fraction of sp³-hybridized carbons (Fsp3) is 0.375. The third kappa shape index (κ3) is 6.72. The van der Waals surface area contributed by atoms with Crippen molar-refractivity contribution >= 4 is 17.9 Å². The van der Waals surface area contributed by atoms with E-state index in [1.54, 1.807) is 6.08 Å². The van der Waals surface area contributed by atoms with Crippen LogP contribution in [-0.2, 0) is 9.59 Å². The van der Waals surface area contributed by atoms with Gasteiger partial charge in [0.15, 0.2) is 0 Å². The SMILES string of the molecule is CC(C)[C@@H](CNC(=O)/C=C/c1ccccc1)NC(=O)CN. The molecule has 1 atom stereocenters. The van der Waals surface area contributed by atoms with Crippen molar-refractivity contribution in [3.8, 4) is 0 Å². The van der Waals surface area contributed by atoms with E-state index in [1.807, 2.05) is 44.2 Å². The number of carbonyl (C=O) groups is 2. The zero-order chi connectivity index (χ0) is 15.7. The number of rotatable bonds is 7. The highest BCUT2D eigenvalue weighted by Crippen LogP contribution is 2.02. The Labute approximate surface area is 125 Å². The minimum Gasteiger partial charge on any atom is -0.350 e. The lowest BCUT2D eigenvalue weighted by Gasteiger charge is -2.22. The maximum absolute atomic E-state index is 11.8. The van der Waals surface area contributed by atoms with Gasteiger partial charge in [0, 0.05) is 18.7 Å². The van der Waals surface area contributed by atoms with Crippen LogP contribution < -0.4 is 16.4 Å². The van der Waals surface area contributed by atoms with Crippen molar-refractivity contribution in [1.29, 1.82) is 0 Å². The molecule has 0 aromatic heterocycles. The monoisotopic (exact) mass is 289 g/mol. The van der Waals surface area contributed by atoms with Gasteiger partial charge in [0.2, 0.25) is 11.8 Å². The number of benzene rings is 1. The Morgan fingerprint density at radius 1 is 1.24 bits per heavy atom. The molecule has 1 aromatic rings. The van der Waals surface area contributed by atoms with Crippen LogP contribution in [0.15, 0.2) is 36.4 Å². The highest BCUT2D eigenvalue weighted by Gasteiger charge is 2.15. The Hall–Kier alpha value is -2.14. The van der Waals surface area contributed by atoms with Gasteiger partial charge < -0.3 is 16.4 Å². The van der Waals surface area contributed by atoms with E-state index in [4.69, 9.17) is 5.73 Å². The lowest BCUT2D eigenvalue weighted by Crippen LogP contribution is -2.48. The molecule has 0 radical (unpaired) electrons. The largest absolute Gasteiger partial charge is 0.350 e. The highest BCUT2D eigenvalue weighted by molar-refractivity contribution is 5.91. The van der Waals surface area contributed by atoms with Crippen molar-refractivity contribution in [3.05, 3.63) is 42.0 Å². The molecule has 4 N–H and O–H groups in total. The van der Waals surface area contributed by atoms with E-state index in [1.165, 1.54) is 6.08 Å².